The van der Waals surface area contributed by atoms with Crippen molar-refractivity contribution in [1.29, 1.82) is 0 Å². The average Bonchev–Trinajstić information content (AvgIpc) is 3.74. The molecule has 11 heteroatoms. The minimum absolute atomic E-state index is 0.0190. The number of furan rings is 2. The first-order valence-corrected chi connectivity index (χ1v) is 12.2. The fourth-order valence-corrected chi connectivity index (χ4v) is 4.26. The lowest BCUT2D eigenvalue weighted by atomic mass is 10.0. The van der Waals surface area contributed by atoms with E-state index in [9.17, 15) is 14.4 Å². The lowest BCUT2D eigenvalue weighted by Crippen LogP contribution is -2.47. The zero-order chi connectivity index (χ0) is 26.9. The van der Waals surface area contributed by atoms with Gasteiger partial charge in [0.05, 0.1) is 45.9 Å². The molecule has 3 heterocycles. The molecule has 0 saturated carbocycles. The molecule has 1 saturated heterocycles. The summed E-state index contributed by atoms with van der Waals surface area (Å²) >= 11 is 0. The van der Waals surface area contributed by atoms with Crippen LogP contribution in [0.2, 0.25) is 0 Å². The Bertz CT molecular complexity index is 1200. The molecule has 3 amide bonds. The molecule has 0 aliphatic carbocycles. The van der Waals surface area contributed by atoms with E-state index in [1.165, 1.54) is 37.7 Å². The molecule has 1 aliphatic rings. The van der Waals surface area contributed by atoms with Gasteiger partial charge in [-0.2, -0.15) is 0 Å². The molecule has 2 atom stereocenters. The first kappa shape index (κ1) is 26.8. The summed E-state index contributed by atoms with van der Waals surface area (Å²) in [4.78, 5) is 41.0. The number of benzene rings is 1. The largest absolute Gasteiger partial charge is 0.493 e. The fraction of sp³-hybridized carbons (Fsp3) is 0.370. The predicted octanol–water partition coefficient (Wildman–Crippen LogP) is 2.68. The molecule has 0 radical (unpaired) electrons. The van der Waals surface area contributed by atoms with Crippen LogP contribution in [-0.4, -0.2) is 62.6 Å². The second-order valence-corrected chi connectivity index (χ2v) is 8.66. The zero-order valence-corrected chi connectivity index (χ0v) is 21.3. The molecule has 2 aromatic heterocycles. The van der Waals surface area contributed by atoms with E-state index in [2.05, 4.69) is 10.6 Å². The first-order valence-electron chi connectivity index (χ1n) is 12.2. The van der Waals surface area contributed by atoms with Crippen LogP contribution in [0.4, 0.5) is 0 Å². The van der Waals surface area contributed by atoms with Gasteiger partial charge >= 0.3 is 0 Å². The third-order valence-corrected chi connectivity index (χ3v) is 6.18. The Morgan fingerprint density at radius 2 is 1.82 bits per heavy atom. The van der Waals surface area contributed by atoms with Gasteiger partial charge in [0.15, 0.2) is 17.3 Å². The number of ether oxygens (including phenoxy) is 3. The van der Waals surface area contributed by atoms with Crippen molar-refractivity contribution in [3.05, 3.63) is 72.1 Å². The van der Waals surface area contributed by atoms with Crippen LogP contribution in [0.3, 0.4) is 0 Å². The second kappa shape index (κ2) is 12.8. The van der Waals surface area contributed by atoms with Gasteiger partial charge in [-0.3, -0.25) is 14.4 Å². The Morgan fingerprint density at radius 1 is 1.03 bits per heavy atom. The highest BCUT2D eigenvalue weighted by molar-refractivity contribution is 5.95. The van der Waals surface area contributed by atoms with Crippen LogP contribution in [0.25, 0.3) is 0 Å². The molecular formula is C27H31N3O8. The van der Waals surface area contributed by atoms with E-state index in [0.717, 1.165) is 12.8 Å². The molecule has 2 N–H and O–H groups in total. The Hall–Kier alpha value is -4.25. The lowest BCUT2D eigenvalue weighted by molar-refractivity contribution is -0.141. The van der Waals surface area contributed by atoms with Crippen LogP contribution in [0, 0.1) is 0 Å². The van der Waals surface area contributed by atoms with Crippen LogP contribution >= 0.6 is 0 Å². The molecule has 1 aliphatic heterocycles. The van der Waals surface area contributed by atoms with Crippen LogP contribution < -0.4 is 20.1 Å². The van der Waals surface area contributed by atoms with Crippen molar-refractivity contribution in [3.63, 3.8) is 0 Å². The van der Waals surface area contributed by atoms with Gasteiger partial charge in [-0.05, 0) is 54.8 Å². The highest BCUT2D eigenvalue weighted by Gasteiger charge is 2.33. The van der Waals surface area contributed by atoms with Gasteiger partial charge in [-0.1, -0.05) is 6.07 Å². The molecular weight excluding hydrogens is 494 g/mol. The number of carbonyl (C=O) groups excluding carboxylic acids is 3. The SMILES string of the molecule is COc1ccc([C@@H](C(=O)NC[C@@H]2CCCO2)N(Cc2ccco2)C(=O)CNC(=O)c2ccco2)cc1OC. The Kier molecular flexibility index (Phi) is 9.04. The summed E-state index contributed by atoms with van der Waals surface area (Å²) in [5.41, 5.74) is 0.491. The maximum Gasteiger partial charge on any atom is 0.287 e. The van der Waals surface area contributed by atoms with E-state index in [4.69, 9.17) is 23.0 Å². The molecule has 4 rings (SSSR count). The quantitative estimate of drug-likeness (QED) is 0.369. The van der Waals surface area contributed by atoms with Crippen molar-refractivity contribution >= 4 is 17.7 Å². The third-order valence-electron chi connectivity index (χ3n) is 6.18. The molecule has 0 unspecified atom stereocenters. The van der Waals surface area contributed by atoms with Crippen molar-refractivity contribution in [2.24, 2.45) is 0 Å². The number of methoxy groups -OCH3 is 2. The average molecular weight is 526 g/mol. The van der Waals surface area contributed by atoms with Crippen LogP contribution in [0.1, 0.15) is 40.8 Å². The van der Waals surface area contributed by atoms with Gasteiger partial charge in [0.25, 0.3) is 5.91 Å². The van der Waals surface area contributed by atoms with Crippen molar-refractivity contribution in [2.45, 2.75) is 31.5 Å². The summed E-state index contributed by atoms with van der Waals surface area (Å²) in [6, 6.07) is 10.4. The summed E-state index contributed by atoms with van der Waals surface area (Å²) in [6.07, 6.45) is 4.53. The predicted molar refractivity (Wildman–Crippen MR) is 135 cm³/mol. The van der Waals surface area contributed by atoms with E-state index in [-0.39, 0.29) is 25.0 Å². The highest BCUT2D eigenvalue weighted by Crippen LogP contribution is 2.33. The van der Waals surface area contributed by atoms with E-state index >= 15 is 0 Å². The number of hydrogen-bond donors (Lipinski definition) is 2. The van der Waals surface area contributed by atoms with Gasteiger partial charge < -0.3 is 38.6 Å². The summed E-state index contributed by atoms with van der Waals surface area (Å²) in [5, 5.41) is 5.49. The number of rotatable bonds is 12. The minimum Gasteiger partial charge on any atom is -0.493 e. The van der Waals surface area contributed by atoms with E-state index in [1.54, 1.807) is 36.4 Å². The standard InChI is InChI=1S/C27H31N3O8/c1-34-21-10-9-18(14-23(21)35-2)25(27(33)28-15-19-6-3-11-36-19)30(17-20-7-4-12-37-20)24(31)16-29-26(32)22-8-5-13-38-22/h4-5,7-10,12-14,19,25H,3,6,11,15-17H2,1-2H3,(H,28,33)(H,29,32)/t19-,25-/m0/s1. The topological polar surface area (TPSA) is 132 Å². The summed E-state index contributed by atoms with van der Waals surface area (Å²) in [7, 11) is 3.00. The van der Waals surface area contributed by atoms with Crippen LogP contribution in [0.5, 0.6) is 11.5 Å². The van der Waals surface area contributed by atoms with Crippen molar-refractivity contribution < 1.29 is 37.4 Å². The van der Waals surface area contributed by atoms with Gasteiger partial charge in [0.1, 0.15) is 11.8 Å². The van der Waals surface area contributed by atoms with Crippen molar-refractivity contribution in [2.75, 3.05) is 33.9 Å². The maximum atomic E-state index is 13.7. The van der Waals surface area contributed by atoms with Crippen LogP contribution in [0.15, 0.2) is 63.8 Å². The van der Waals surface area contributed by atoms with Gasteiger partial charge in [0.2, 0.25) is 11.8 Å². The third kappa shape index (κ3) is 6.54. The molecule has 1 aromatic carbocycles. The van der Waals surface area contributed by atoms with E-state index < -0.39 is 23.8 Å². The molecule has 1 fully saturated rings. The maximum absolute atomic E-state index is 13.7. The Morgan fingerprint density at radius 3 is 2.47 bits per heavy atom. The molecule has 11 nitrogen and oxygen atoms in total. The van der Waals surface area contributed by atoms with Gasteiger partial charge in [-0.25, -0.2) is 0 Å². The molecule has 3 aromatic rings. The normalized spacial score (nSPS) is 15.5. The van der Waals surface area contributed by atoms with Crippen LogP contribution in [-0.2, 0) is 20.9 Å². The number of nitrogens with zero attached hydrogens (tertiary/aromatic N) is 1. The summed E-state index contributed by atoms with van der Waals surface area (Å²) < 4.78 is 27.0. The number of carbonyl (C=O) groups is 3. The first-order chi connectivity index (χ1) is 18.5. The Labute approximate surface area is 220 Å². The lowest BCUT2D eigenvalue weighted by Gasteiger charge is -2.31. The molecule has 202 valence electrons. The fourth-order valence-electron chi connectivity index (χ4n) is 4.26. The number of hydrogen-bond acceptors (Lipinski definition) is 8. The highest BCUT2D eigenvalue weighted by atomic mass is 16.5. The summed E-state index contributed by atoms with van der Waals surface area (Å²) in [5.74, 6) is -0.0535. The monoisotopic (exact) mass is 525 g/mol. The Balaban J connectivity index is 1.64. The van der Waals surface area contributed by atoms with E-state index in [1.807, 2.05) is 0 Å². The van der Waals surface area contributed by atoms with Crippen molar-refractivity contribution in [1.82, 2.24) is 15.5 Å². The molecule has 0 bridgehead atoms. The zero-order valence-electron chi connectivity index (χ0n) is 21.3. The van der Waals surface area contributed by atoms with Gasteiger partial charge in [-0.15, -0.1) is 0 Å². The molecule has 38 heavy (non-hydrogen) atoms. The number of amides is 3. The number of nitrogens with one attached hydrogen (secondary N) is 2. The summed E-state index contributed by atoms with van der Waals surface area (Å²) in [6.45, 7) is 0.566. The smallest absolute Gasteiger partial charge is 0.287 e. The van der Waals surface area contributed by atoms with Crippen molar-refractivity contribution in [3.8, 4) is 11.5 Å². The van der Waals surface area contributed by atoms with Gasteiger partial charge in [0, 0.05) is 13.2 Å². The molecule has 0 spiro atoms. The second-order valence-electron chi connectivity index (χ2n) is 8.66. The minimum atomic E-state index is -1.07. The van der Waals surface area contributed by atoms with E-state index in [0.29, 0.717) is 36.0 Å².